The fourth-order valence-corrected chi connectivity index (χ4v) is 3.80. The molecule has 1 fully saturated rings. The van der Waals surface area contributed by atoms with Gasteiger partial charge in [-0.05, 0) is 37.5 Å². The van der Waals surface area contributed by atoms with Crippen molar-refractivity contribution in [3.8, 4) is 0 Å². The number of aryl methyl sites for hydroxylation is 3. The van der Waals surface area contributed by atoms with E-state index in [1.54, 1.807) is 6.33 Å². The van der Waals surface area contributed by atoms with Crippen LogP contribution in [-0.4, -0.2) is 41.3 Å². The number of aromatic nitrogens is 3. The Balaban J connectivity index is 1.57. The first-order valence-electron chi connectivity index (χ1n) is 9.65. The molecule has 2 N–H and O–H groups in total. The molecule has 3 heterocycles. The average Bonchev–Trinajstić information content (AvgIpc) is 3.03. The molecule has 3 aromatic rings. The summed E-state index contributed by atoms with van der Waals surface area (Å²) in [5, 5.41) is 4.80. The minimum atomic E-state index is 0.723. The summed E-state index contributed by atoms with van der Waals surface area (Å²) in [6, 6.07) is 6.54. The number of fused-ring (bicyclic) bond motifs is 1. The lowest BCUT2D eigenvalue weighted by Gasteiger charge is -2.27. The van der Waals surface area contributed by atoms with Gasteiger partial charge in [0.1, 0.15) is 18.0 Å². The van der Waals surface area contributed by atoms with Gasteiger partial charge in [0.2, 0.25) is 0 Å². The molecule has 4 rings (SSSR count). The van der Waals surface area contributed by atoms with Crippen LogP contribution in [0.15, 0.2) is 24.5 Å². The molecule has 27 heavy (non-hydrogen) atoms. The van der Waals surface area contributed by atoms with E-state index in [2.05, 4.69) is 58.1 Å². The van der Waals surface area contributed by atoms with Crippen molar-refractivity contribution in [1.82, 2.24) is 15.0 Å². The third-order valence-corrected chi connectivity index (χ3v) is 5.30. The minimum Gasteiger partial charge on any atom is -0.378 e. The number of anilines is 2. The Kier molecular flexibility index (Phi) is 4.99. The number of benzene rings is 1. The lowest BCUT2D eigenvalue weighted by Crippen LogP contribution is -2.36. The summed E-state index contributed by atoms with van der Waals surface area (Å²) in [5.41, 5.74) is 6.44. The van der Waals surface area contributed by atoms with Gasteiger partial charge in [-0.15, -0.1) is 0 Å². The van der Waals surface area contributed by atoms with Crippen molar-refractivity contribution in [2.45, 2.75) is 33.7 Å². The Morgan fingerprint density at radius 1 is 1.15 bits per heavy atom. The average molecular weight is 365 g/mol. The summed E-state index contributed by atoms with van der Waals surface area (Å²) < 4.78 is 5.43. The van der Waals surface area contributed by atoms with Gasteiger partial charge in [0.15, 0.2) is 0 Å². The Morgan fingerprint density at radius 3 is 2.74 bits per heavy atom. The Morgan fingerprint density at radius 2 is 1.96 bits per heavy atom. The maximum atomic E-state index is 5.43. The van der Waals surface area contributed by atoms with E-state index in [-0.39, 0.29) is 0 Å². The van der Waals surface area contributed by atoms with E-state index in [4.69, 9.17) is 4.74 Å². The summed E-state index contributed by atoms with van der Waals surface area (Å²) in [6.45, 7) is 10.5. The van der Waals surface area contributed by atoms with Crippen molar-refractivity contribution in [2.24, 2.45) is 0 Å². The molecule has 0 spiro atoms. The lowest BCUT2D eigenvalue weighted by molar-refractivity contribution is 0.122. The van der Waals surface area contributed by atoms with Crippen molar-refractivity contribution in [2.75, 3.05) is 36.5 Å². The largest absolute Gasteiger partial charge is 0.378 e. The molecule has 0 atom stereocenters. The molecule has 6 nitrogen and oxygen atoms in total. The Bertz CT molecular complexity index is 943. The summed E-state index contributed by atoms with van der Waals surface area (Å²) in [5.74, 6) is 1.80. The van der Waals surface area contributed by atoms with Crippen LogP contribution in [-0.2, 0) is 17.7 Å². The van der Waals surface area contributed by atoms with Crippen LogP contribution in [0.4, 0.5) is 11.6 Å². The normalized spacial score (nSPS) is 14.7. The number of hydrogen-bond acceptors (Lipinski definition) is 5. The molecular weight excluding hydrogens is 338 g/mol. The first-order chi connectivity index (χ1) is 13.2. The Labute approximate surface area is 160 Å². The van der Waals surface area contributed by atoms with E-state index in [0.717, 1.165) is 50.9 Å². The highest BCUT2D eigenvalue weighted by Crippen LogP contribution is 2.27. The predicted molar refractivity (Wildman–Crippen MR) is 110 cm³/mol. The van der Waals surface area contributed by atoms with Crippen LogP contribution in [0.2, 0.25) is 0 Å². The smallest absolute Gasteiger partial charge is 0.134 e. The monoisotopic (exact) mass is 365 g/mol. The topological polar surface area (TPSA) is 66.1 Å². The van der Waals surface area contributed by atoms with E-state index in [1.165, 1.54) is 33.3 Å². The van der Waals surface area contributed by atoms with Gasteiger partial charge in [-0.3, -0.25) is 0 Å². The number of ether oxygens (including phenoxy) is 1. The van der Waals surface area contributed by atoms with Gasteiger partial charge in [-0.25, -0.2) is 9.97 Å². The number of H-pyrrole nitrogens is 1. The molecule has 0 aliphatic carbocycles. The van der Waals surface area contributed by atoms with Gasteiger partial charge in [-0.1, -0.05) is 18.6 Å². The van der Waals surface area contributed by atoms with Crippen LogP contribution in [0.1, 0.15) is 29.3 Å². The number of nitrogens with zero attached hydrogens (tertiary/aromatic N) is 3. The van der Waals surface area contributed by atoms with E-state index in [1.807, 2.05) is 6.07 Å². The summed E-state index contributed by atoms with van der Waals surface area (Å²) in [6.07, 6.45) is 2.65. The second kappa shape index (κ2) is 7.56. The van der Waals surface area contributed by atoms with Gasteiger partial charge in [-0.2, -0.15) is 0 Å². The number of hydrogen-bond donors (Lipinski definition) is 2. The maximum absolute atomic E-state index is 5.43. The van der Waals surface area contributed by atoms with E-state index in [0.29, 0.717) is 0 Å². The van der Waals surface area contributed by atoms with Gasteiger partial charge in [0.05, 0.1) is 18.7 Å². The van der Waals surface area contributed by atoms with Crippen LogP contribution in [0.5, 0.6) is 0 Å². The van der Waals surface area contributed by atoms with Crippen molar-refractivity contribution in [3.05, 3.63) is 46.9 Å². The molecular formula is C21H27N5O. The highest BCUT2D eigenvalue weighted by molar-refractivity contribution is 5.88. The molecule has 0 unspecified atom stereocenters. The molecule has 2 aromatic heterocycles. The molecule has 1 saturated heterocycles. The van der Waals surface area contributed by atoms with Crippen LogP contribution in [0, 0.1) is 13.8 Å². The highest BCUT2D eigenvalue weighted by atomic mass is 16.5. The van der Waals surface area contributed by atoms with Crippen LogP contribution >= 0.6 is 0 Å². The van der Waals surface area contributed by atoms with Gasteiger partial charge in [0, 0.05) is 36.8 Å². The second-order valence-electron chi connectivity index (χ2n) is 7.14. The zero-order valence-electron chi connectivity index (χ0n) is 16.3. The second-order valence-corrected chi connectivity index (χ2v) is 7.14. The van der Waals surface area contributed by atoms with E-state index < -0.39 is 0 Å². The molecule has 0 radical (unpaired) electrons. The van der Waals surface area contributed by atoms with Crippen molar-refractivity contribution in [1.29, 1.82) is 0 Å². The molecule has 1 aliphatic heterocycles. The summed E-state index contributed by atoms with van der Waals surface area (Å²) >= 11 is 0. The Hall–Kier alpha value is -2.60. The van der Waals surface area contributed by atoms with Crippen molar-refractivity contribution >= 4 is 22.5 Å². The van der Waals surface area contributed by atoms with Crippen LogP contribution < -0.4 is 10.2 Å². The number of morpholine rings is 1. The molecule has 6 heteroatoms. The first kappa shape index (κ1) is 17.8. The lowest BCUT2D eigenvalue weighted by atomic mass is 10.0. The standard InChI is InChI=1S/C21H27N5O/c1-4-18-15(3)17-10-14(2)9-16(21(17)25-18)12-22-19-11-20(24-13-23-19)26-5-7-27-8-6-26/h9-11,13,25H,4-8,12H2,1-3H3,(H,22,23,24). The maximum Gasteiger partial charge on any atom is 0.134 e. The van der Waals surface area contributed by atoms with Gasteiger partial charge < -0.3 is 19.9 Å². The first-order valence-corrected chi connectivity index (χ1v) is 9.65. The van der Waals surface area contributed by atoms with E-state index in [9.17, 15) is 0 Å². The molecule has 1 aromatic carbocycles. The quantitative estimate of drug-likeness (QED) is 0.723. The molecule has 0 saturated carbocycles. The number of nitrogens with one attached hydrogen (secondary N) is 2. The van der Waals surface area contributed by atoms with E-state index >= 15 is 0 Å². The minimum absolute atomic E-state index is 0.723. The summed E-state index contributed by atoms with van der Waals surface area (Å²) in [7, 11) is 0. The predicted octanol–water partition coefficient (Wildman–Crippen LogP) is 3.59. The summed E-state index contributed by atoms with van der Waals surface area (Å²) in [4.78, 5) is 14.7. The van der Waals surface area contributed by atoms with Gasteiger partial charge >= 0.3 is 0 Å². The third-order valence-electron chi connectivity index (χ3n) is 5.30. The zero-order valence-corrected chi connectivity index (χ0v) is 16.3. The van der Waals surface area contributed by atoms with Crippen LogP contribution in [0.25, 0.3) is 10.9 Å². The fourth-order valence-electron chi connectivity index (χ4n) is 3.80. The van der Waals surface area contributed by atoms with Crippen molar-refractivity contribution in [3.63, 3.8) is 0 Å². The molecule has 0 amide bonds. The fraction of sp³-hybridized carbons (Fsp3) is 0.429. The van der Waals surface area contributed by atoms with Crippen molar-refractivity contribution < 1.29 is 4.74 Å². The number of rotatable bonds is 5. The molecule has 142 valence electrons. The van der Waals surface area contributed by atoms with Gasteiger partial charge in [0.25, 0.3) is 0 Å². The number of aromatic amines is 1. The molecule has 1 aliphatic rings. The van der Waals surface area contributed by atoms with Crippen LogP contribution in [0.3, 0.4) is 0 Å². The zero-order chi connectivity index (χ0) is 18.8. The third kappa shape index (κ3) is 3.62. The highest BCUT2D eigenvalue weighted by Gasteiger charge is 2.14. The molecule has 0 bridgehead atoms. The SMILES string of the molecule is CCc1[nH]c2c(CNc3cc(N4CCOCC4)ncn3)cc(C)cc2c1C.